The molecule has 0 aromatic heterocycles. The number of hydrogen-bond donors (Lipinski definition) is 2. The molecule has 1 fully saturated rings. The summed E-state index contributed by atoms with van der Waals surface area (Å²) in [5, 5.41) is 5.27. The molecular formula is C13H14N2O3S. The van der Waals surface area contributed by atoms with Crippen molar-refractivity contribution in [3.8, 4) is 12.3 Å². The number of benzene rings is 1. The van der Waals surface area contributed by atoms with Gasteiger partial charge in [-0.1, -0.05) is 12.0 Å². The molecule has 0 aliphatic carbocycles. The predicted molar refractivity (Wildman–Crippen MR) is 73.6 cm³/mol. The van der Waals surface area contributed by atoms with Crippen LogP contribution in [-0.2, 0) is 9.84 Å². The Labute approximate surface area is 112 Å². The van der Waals surface area contributed by atoms with Crippen LogP contribution in [0.2, 0.25) is 0 Å². The summed E-state index contributed by atoms with van der Waals surface area (Å²) in [6.45, 7) is 0. The Bertz CT molecular complexity index is 632. The summed E-state index contributed by atoms with van der Waals surface area (Å²) in [5.74, 6) is 2.61. The average Bonchev–Trinajstić information content (AvgIpc) is 2.68. The minimum absolute atomic E-state index is 0.00478. The smallest absolute Gasteiger partial charge is 0.319 e. The van der Waals surface area contributed by atoms with Crippen LogP contribution in [0, 0.1) is 12.3 Å². The van der Waals surface area contributed by atoms with Gasteiger partial charge in [0.1, 0.15) is 0 Å². The van der Waals surface area contributed by atoms with Gasteiger partial charge in [-0.3, -0.25) is 0 Å². The van der Waals surface area contributed by atoms with E-state index in [2.05, 4.69) is 16.6 Å². The highest BCUT2D eigenvalue weighted by Crippen LogP contribution is 2.12. The van der Waals surface area contributed by atoms with E-state index >= 15 is 0 Å². The summed E-state index contributed by atoms with van der Waals surface area (Å²) in [5.41, 5.74) is 1.25. The van der Waals surface area contributed by atoms with Crippen molar-refractivity contribution >= 4 is 21.6 Å². The maximum atomic E-state index is 11.7. The number of sulfone groups is 1. The molecule has 0 unspecified atom stereocenters. The van der Waals surface area contributed by atoms with Crippen molar-refractivity contribution in [2.45, 2.75) is 12.5 Å². The second-order valence-corrected chi connectivity index (χ2v) is 6.65. The van der Waals surface area contributed by atoms with E-state index < -0.39 is 15.9 Å². The fraction of sp³-hybridized carbons (Fsp3) is 0.308. The highest BCUT2D eigenvalue weighted by molar-refractivity contribution is 7.91. The normalized spacial score (nSPS) is 20.5. The first-order chi connectivity index (χ1) is 8.98. The Hall–Kier alpha value is -2.00. The number of terminal acetylenes is 1. The number of carbonyl (C=O) groups is 1. The van der Waals surface area contributed by atoms with E-state index in [1.165, 1.54) is 0 Å². The molecule has 1 heterocycles. The molecule has 100 valence electrons. The van der Waals surface area contributed by atoms with Gasteiger partial charge in [0.15, 0.2) is 9.84 Å². The van der Waals surface area contributed by atoms with Crippen molar-refractivity contribution in [1.29, 1.82) is 0 Å². The zero-order valence-electron chi connectivity index (χ0n) is 10.2. The van der Waals surface area contributed by atoms with E-state index in [9.17, 15) is 13.2 Å². The van der Waals surface area contributed by atoms with Crippen LogP contribution in [-0.4, -0.2) is 32.0 Å². The van der Waals surface area contributed by atoms with Crippen molar-refractivity contribution in [3.63, 3.8) is 0 Å². The van der Waals surface area contributed by atoms with Gasteiger partial charge < -0.3 is 10.6 Å². The van der Waals surface area contributed by atoms with Crippen molar-refractivity contribution in [3.05, 3.63) is 29.8 Å². The largest absolute Gasteiger partial charge is 0.334 e. The highest BCUT2D eigenvalue weighted by Gasteiger charge is 2.28. The van der Waals surface area contributed by atoms with E-state index in [0.29, 0.717) is 17.7 Å². The quantitative estimate of drug-likeness (QED) is 0.792. The van der Waals surface area contributed by atoms with Gasteiger partial charge in [-0.25, -0.2) is 13.2 Å². The third kappa shape index (κ3) is 3.73. The van der Waals surface area contributed by atoms with Gasteiger partial charge in [-0.05, 0) is 24.6 Å². The Morgan fingerprint density at radius 3 is 2.84 bits per heavy atom. The summed E-state index contributed by atoms with van der Waals surface area (Å²) in [4.78, 5) is 11.7. The van der Waals surface area contributed by atoms with Gasteiger partial charge in [0.25, 0.3) is 0 Å². The van der Waals surface area contributed by atoms with Gasteiger partial charge >= 0.3 is 6.03 Å². The molecule has 19 heavy (non-hydrogen) atoms. The molecule has 0 saturated carbocycles. The van der Waals surface area contributed by atoms with Gasteiger partial charge in [-0.2, -0.15) is 0 Å². The highest BCUT2D eigenvalue weighted by atomic mass is 32.2. The van der Waals surface area contributed by atoms with Crippen molar-refractivity contribution < 1.29 is 13.2 Å². The minimum Gasteiger partial charge on any atom is -0.334 e. The van der Waals surface area contributed by atoms with Gasteiger partial charge in [-0.15, -0.1) is 6.42 Å². The van der Waals surface area contributed by atoms with Gasteiger partial charge in [0, 0.05) is 17.3 Å². The average molecular weight is 278 g/mol. The third-order valence-electron chi connectivity index (χ3n) is 2.85. The molecule has 1 atom stereocenters. The molecule has 1 aromatic carbocycles. The van der Waals surface area contributed by atoms with E-state index in [0.717, 1.165) is 0 Å². The lowest BCUT2D eigenvalue weighted by molar-refractivity contribution is 0.249. The number of carbonyl (C=O) groups excluding carboxylic acids is 1. The van der Waals surface area contributed by atoms with E-state index in [1.807, 2.05) is 0 Å². The second kappa shape index (κ2) is 5.33. The Balaban J connectivity index is 1.93. The van der Waals surface area contributed by atoms with Crippen LogP contribution in [0.4, 0.5) is 10.5 Å². The lowest BCUT2D eigenvalue weighted by Crippen LogP contribution is -2.38. The Morgan fingerprint density at radius 2 is 2.21 bits per heavy atom. The van der Waals surface area contributed by atoms with E-state index in [-0.39, 0.29) is 17.5 Å². The number of amides is 2. The molecule has 2 amide bonds. The summed E-state index contributed by atoms with van der Waals surface area (Å²) in [6, 6.07) is 6.14. The van der Waals surface area contributed by atoms with E-state index in [4.69, 9.17) is 6.42 Å². The van der Waals surface area contributed by atoms with Crippen molar-refractivity contribution in [2.75, 3.05) is 16.8 Å². The van der Waals surface area contributed by atoms with Crippen LogP contribution in [0.1, 0.15) is 12.0 Å². The molecule has 0 spiro atoms. The summed E-state index contributed by atoms with van der Waals surface area (Å²) < 4.78 is 22.5. The molecule has 1 aromatic rings. The monoisotopic (exact) mass is 278 g/mol. The molecular weight excluding hydrogens is 264 g/mol. The molecule has 0 radical (unpaired) electrons. The number of anilines is 1. The lowest BCUT2D eigenvalue weighted by Gasteiger charge is -2.12. The van der Waals surface area contributed by atoms with Crippen LogP contribution in [0.3, 0.4) is 0 Å². The van der Waals surface area contributed by atoms with Gasteiger partial charge in [0.05, 0.1) is 11.5 Å². The van der Waals surface area contributed by atoms with Crippen LogP contribution < -0.4 is 10.6 Å². The van der Waals surface area contributed by atoms with Gasteiger partial charge in [0.2, 0.25) is 0 Å². The van der Waals surface area contributed by atoms with Crippen LogP contribution >= 0.6 is 0 Å². The molecule has 1 saturated heterocycles. The molecule has 2 N–H and O–H groups in total. The number of nitrogens with one attached hydrogen (secondary N) is 2. The Morgan fingerprint density at radius 1 is 1.42 bits per heavy atom. The fourth-order valence-corrected chi connectivity index (χ4v) is 3.62. The third-order valence-corrected chi connectivity index (χ3v) is 4.62. The summed E-state index contributed by atoms with van der Waals surface area (Å²) in [6.07, 6.45) is 5.72. The van der Waals surface area contributed by atoms with E-state index in [1.54, 1.807) is 24.3 Å². The standard InChI is InChI=1S/C13H14N2O3S/c1-2-10-4-3-5-11(8-10)14-13(16)15-12-6-7-19(17,18)9-12/h1,3-5,8,12H,6-7,9H2,(H2,14,15,16)/t12-/m1/s1. The molecule has 2 rings (SSSR count). The zero-order chi connectivity index (χ0) is 13.9. The topological polar surface area (TPSA) is 75.3 Å². The molecule has 6 heteroatoms. The minimum atomic E-state index is -2.99. The maximum Gasteiger partial charge on any atom is 0.319 e. The second-order valence-electron chi connectivity index (χ2n) is 4.42. The van der Waals surface area contributed by atoms with Crippen molar-refractivity contribution in [2.24, 2.45) is 0 Å². The SMILES string of the molecule is C#Cc1cccc(NC(=O)N[C@@H]2CCS(=O)(=O)C2)c1. The number of urea groups is 1. The molecule has 1 aliphatic rings. The van der Waals surface area contributed by atoms with Crippen molar-refractivity contribution in [1.82, 2.24) is 5.32 Å². The zero-order valence-corrected chi connectivity index (χ0v) is 11.0. The molecule has 0 bridgehead atoms. The lowest BCUT2D eigenvalue weighted by atomic mass is 10.2. The maximum absolute atomic E-state index is 11.7. The first-order valence-electron chi connectivity index (χ1n) is 5.83. The summed E-state index contributed by atoms with van der Waals surface area (Å²) in [7, 11) is -2.99. The van der Waals surface area contributed by atoms with Crippen LogP contribution in [0.25, 0.3) is 0 Å². The first kappa shape index (κ1) is 13.4. The first-order valence-corrected chi connectivity index (χ1v) is 7.65. The Kier molecular flexibility index (Phi) is 3.76. The van der Waals surface area contributed by atoms with Crippen LogP contribution in [0.15, 0.2) is 24.3 Å². The number of hydrogen-bond acceptors (Lipinski definition) is 3. The fourth-order valence-electron chi connectivity index (χ4n) is 1.95. The van der Waals surface area contributed by atoms with Crippen LogP contribution in [0.5, 0.6) is 0 Å². The summed E-state index contributed by atoms with van der Waals surface area (Å²) >= 11 is 0. The molecule has 5 nitrogen and oxygen atoms in total. The molecule has 1 aliphatic heterocycles. The predicted octanol–water partition coefficient (Wildman–Crippen LogP) is 0.977. The number of rotatable bonds is 2.